The van der Waals surface area contributed by atoms with E-state index in [1.54, 1.807) is 6.07 Å². The fourth-order valence-corrected chi connectivity index (χ4v) is 3.95. The molecule has 0 unspecified atom stereocenters. The zero-order valence-corrected chi connectivity index (χ0v) is 16.2. The summed E-state index contributed by atoms with van der Waals surface area (Å²) >= 11 is 13.1. The van der Waals surface area contributed by atoms with Crippen LogP contribution in [0.5, 0.6) is 0 Å². The quantitative estimate of drug-likeness (QED) is 0.547. The third-order valence-electron chi connectivity index (χ3n) is 3.83. The average molecular weight is 406 g/mol. The van der Waals surface area contributed by atoms with Gasteiger partial charge < -0.3 is 10.1 Å². The molecule has 0 saturated carbocycles. The van der Waals surface area contributed by atoms with Gasteiger partial charge in [-0.25, -0.2) is 0 Å². The summed E-state index contributed by atoms with van der Waals surface area (Å²) in [5.74, 6) is -0.238. The molecule has 0 aliphatic heterocycles. The predicted octanol–water partition coefficient (Wildman–Crippen LogP) is 5.70. The topological polar surface area (TPSA) is 38.3 Å². The van der Waals surface area contributed by atoms with Gasteiger partial charge in [-0.1, -0.05) is 77.8 Å². The minimum absolute atomic E-state index is 0.238. The van der Waals surface area contributed by atoms with Gasteiger partial charge in [-0.2, -0.15) is 0 Å². The van der Waals surface area contributed by atoms with E-state index in [2.05, 4.69) is 5.32 Å². The lowest BCUT2D eigenvalue weighted by atomic mass is 10.1. The highest BCUT2D eigenvalue weighted by molar-refractivity contribution is 7.20. The molecule has 26 heavy (non-hydrogen) atoms. The fourth-order valence-electron chi connectivity index (χ4n) is 2.49. The molecule has 1 amide bonds. The number of hydrogen-bond donors (Lipinski definition) is 1. The minimum atomic E-state index is -0.238. The first kappa shape index (κ1) is 18.9. The molecule has 1 N–H and O–H groups in total. The second-order valence-electron chi connectivity index (χ2n) is 5.67. The SMILES string of the molecule is O=C(NCc1ccccc1COCc1ccccc1)c1cc(Cl)sc1Cl. The van der Waals surface area contributed by atoms with Crippen LogP contribution >= 0.6 is 34.5 Å². The molecule has 2 aromatic carbocycles. The molecule has 1 heterocycles. The third-order valence-corrected chi connectivity index (χ3v) is 5.32. The third kappa shape index (κ3) is 5.08. The lowest BCUT2D eigenvalue weighted by Crippen LogP contribution is -2.23. The Hall–Kier alpha value is -1.85. The lowest BCUT2D eigenvalue weighted by molar-refractivity contribution is 0.0948. The van der Waals surface area contributed by atoms with E-state index in [4.69, 9.17) is 27.9 Å². The highest BCUT2D eigenvalue weighted by Crippen LogP contribution is 2.31. The smallest absolute Gasteiger partial charge is 0.253 e. The van der Waals surface area contributed by atoms with Crippen LogP contribution in [-0.4, -0.2) is 5.91 Å². The summed E-state index contributed by atoms with van der Waals surface area (Å²) < 4.78 is 6.70. The number of halogens is 2. The first-order valence-electron chi connectivity index (χ1n) is 8.05. The number of hydrogen-bond acceptors (Lipinski definition) is 3. The van der Waals surface area contributed by atoms with Crippen molar-refractivity contribution >= 4 is 40.4 Å². The van der Waals surface area contributed by atoms with Crippen molar-refractivity contribution in [1.82, 2.24) is 5.32 Å². The maximum absolute atomic E-state index is 12.3. The average Bonchev–Trinajstić information content (AvgIpc) is 3.00. The second kappa shape index (κ2) is 9.19. The standard InChI is InChI=1S/C20H17Cl2NO2S/c21-18-10-17(19(22)26-18)20(24)23-11-15-8-4-5-9-16(15)13-25-12-14-6-2-1-3-7-14/h1-10H,11-13H2,(H,23,24). The number of amides is 1. The summed E-state index contributed by atoms with van der Waals surface area (Å²) in [7, 11) is 0. The Morgan fingerprint density at radius 1 is 0.962 bits per heavy atom. The van der Waals surface area contributed by atoms with E-state index >= 15 is 0 Å². The largest absolute Gasteiger partial charge is 0.372 e. The molecule has 1 aromatic heterocycles. The summed E-state index contributed by atoms with van der Waals surface area (Å²) in [5.41, 5.74) is 3.58. The van der Waals surface area contributed by atoms with Crippen molar-refractivity contribution in [3.8, 4) is 0 Å². The van der Waals surface area contributed by atoms with E-state index in [0.717, 1.165) is 16.7 Å². The zero-order chi connectivity index (χ0) is 18.4. The van der Waals surface area contributed by atoms with Crippen LogP contribution in [0.4, 0.5) is 0 Å². The van der Waals surface area contributed by atoms with Crippen LogP contribution < -0.4 is 5.32 Å². The summed E-state index contributed by atoms with van der Waals surface area (Å²) in [6, 6.07) is 19.5. The first-order chi connectivity index (χ1) is 12.6. The molecule has 0 saturated heterocycles. The van der Waals surface area contributed by atoms with Gasteiger partial charge in [0.15, 0.2) is 0 Å². The van der Waals surface area contributed by atoms with Gasteiger partial charge >= 0.3 is 0 Å². The Morgan fingerprint density at radius 3 is 2.35 bits per heavy atom. The van der Waals surface area contributed by atoms with Crippen molar-refractivity contribution in [3.63, 3.8) is 0 Å². The fraction of sp³-hybridized carbons (Fsp3) is 0.150. The van der Waals surface area contributed by atoms with Crippen LogP contribution in [0.3, 0.4) is 0 Å². The number of rotatable bonds is 7. The molecular formula is C20H17Cl2NO2S. The minimum Gasteiger partial charge on any atom is -0.372 e. The molecule has 3 nitrogen and oxygen atoms in total. The first-order valence-corrected chi connectivity index (χ1v) is 9.62. The van der Waals surface area contributed by atoms with Gasteiger partial charge in [-0.15, -0.1) is 11.3 Å². The molecule has 6 heteroatoms. The normalized spacial score (nSPS) is 10.7. The molecule has 0 atom stereocenters. The molecule has 0 fully saturated rings. The van der Waals surface area contributed by atoms with Crippen molar-refractivity contribution in [2.24, 2.45) is 0 Å². The Bertz CT molecular complexity index is 881. The maximum Gasteiger partial charge on any atom is 0.253 e. The Labute approximate surface area is 166 Å². The molecule has 0 aliphatic rings. The monoisotopic (exact) mass is 405 g/mol. The predicted molar refractivity (Wildman–Crippen MR) is 107 cm³/mol. The maximum atomic E-state index is 12.3. The van der Waals surface area contributed by atoms with Crippen LogP contribution in [0.25, 0.3) is 0 Å². The summed E-state index contributed by atoms with van der Waals surface area (Å²) in [4.78, 5) is 12.3. The lowest BCUT2D eigenvalue weighted by Gasteiger charge is -2.11. The number of carbonyl (C=O) groups is 1. The van der Waals surface area contributed by atoms with E-state index in [0.29, 0.717) is 34.0 Å². The second-order valence-corrected chi connectivity index (χ2v) is 7.95. The number of carbonyl (C=O) groups excluding carboxylic acids is 1. The van der Waals surface area contributed by atoms with Crippen molar-refractivity contribution in [1.29, 1.82) is 0 Å². The Morgan fingerprint density at radius 2 is 1.65 bits per heavy atom. The molecule has 3 aromatic rings. The van der Waals surface area contributed by atoms with Crippen LogP contribution in [0.1, 0.15) is 27.0 Å². The number of ether oxygens (including phenoxy) is 1. The summed E-state index contributed by atoms with van der Waals surface area (Å²) in [6.45, 7) is 1.42. The van der Waals surface area contributed by atoms with Crippen LogP contribution in [0.15, 0.2) is 60.7 Å². The van der Waals surface area contributed by atoms with Crippen molar-refractivity contribution in [2.45, 2.75) is 19.8 Å². The Kier molecular flexibility index (Phi) is 6.69. The highest BCUT2D eigenvalue weighted by Gasteiger charge is 2.14. The van der Waals surface area contributed by atoms with E-state index in [9.17, 15) is 4.79 Å². The van der Waals surface area contributed by atoms with Crippen molar-refractivity contribution in [3.05, 3.63) is 91.6 Å². The van der Waals surface area contributed by atoms with E-state index in [1.165, 1.54) is 11.3 Å². The molecule has 0 aliphatic carbocycles. The number of thiophene rings is 1. The molecule has 134 valence electrons. The molecule has 0 spiro atoms. The Balaban J connectivity index is 1.58. The highest BCUT2D eigenvalue weighted by atomic mass is 35.5. The van der Waals surface area contributed by atoms with E-state index in [-0.39, 0.29) is 5.91 Å². The van der Waals surface area contributed by atoms with E-state index in [1.807, 2.05) is 54.6 Å². The number of nitrogens with one attached hydrogen (secondary N) is 1. The van der Waals surface area contributed by atoms with Gasteiger partial charge in [-0.05, 0) is 22.8 Å². The van der Waals surface area contributed by atoms with Crippen LogP contribution in [-0.2, 0) is 24.5 Å². The molecule has 0 bridgehead atoms. The molecule has 0 radical (unpaired) electrons. The molecule has 3 rings (SSSR count). The van der Waals surface area contributed by atoms with Gasteiger partial charge in [-0.3, -0.25) is 4.79 Å². The van der Waals surface area contributed by atoms with E-state index < -0.39 is 0 Å². The van der Waals surface area contributed by atoms with Crippen molar-refractivity contribution in [2.75, 3.05) is 0 Å². The summed E-state index contributed by atoms with van der Waals surface area (Å²) in [5, 5.41) is 2.89. The van der Waals surface area contributed by atoms with Gasteiger partial charge in [0, 0.05) is 6.54 Å². The van der Waals surface area contributed by atoms with Crippen LogP contribution in [0.2, 0.25) is 8.67 Å². The van der Waals surface area contributed by atoms with Gasteiger partial charge in [0.2, 0.25) is 0 Å². The number of benzene rings is 2. The van der Waals surface area contributed by atoms with Gasteiger partial charge in [0.1, 0.15) is 4.34 Å². The van der Waals surface area contributed by atoms with Gasteiger partial charge in [0.25, 0.3) is 5.91 Å². The molecular weight excluding hydrogens is 389 g/mol. The zero-order valence-electron chi connectivity index (χ0n) is 13.9. The summed E-state index contributed by atoms with van der Waals surface area (Å²) in [6.07, 6.45) is 0. The van der Waals surface area contributed by atoms with Crippen LogP contribution in [0, 0.1) is 0 Å². The van der Waals surface area contributed by atoms with Crippen molar-refractivity contribution < 1.29 is 9.53 Å². The van der Waals surface area contributed by atoms with Gasteiger partial charge in [0.05, 0.1) is 23.1 Å².